The van der Waals surface area contributed by atoms with E-state index in [9.17, 15) is 0 Å². The SMILES string of the molecule is CC1CNCCc2cc(OCc3ccccc3)ccc21. The number of hydrogen-bond donors (Lipinski definition) is 1. The van der Waals surface area contributed by atoms with Gasteiger partial charge in [-0.1, -0.05) is 43.3 Å². The molecule has 1 atom stereocenters. The zero-order chi connectivity index (χ0) is 13.8. The minimum atomic E-state index is 0.579. The van der Waals surface area contributed by atoms with Crippen molar-refractivity contribution in [3.05, 3.63) is 65.2 Å². The van der Waals surface area contributed by atoms with E-state index in [-0.39, 0.29) is 0 Å². The minimum absolute atomic E-state index is 0.579. The second-order valence-electron chi connectivity index (χ2n) is 5.49. The van der Waals surface area contributed by atoms with Crippen molar-refractivity contribution < 1.29 is 4.74 Å². The molecule has 2 aromatic carbocycles. The van der Waals surface area contributed by atoms with Crippen LogP contribution in [0.2, 0.25) is 0 Å². The Hall–Kier alpha value is -1.80. The van der Waals surface area contributed by atoms with E-state index < -0.39 is 0 Å². The lowest BCUT2D eigenvalue weighted by Gasteiger charge is -2.14. The van der Waals surface area contributed by atoms with Crippen LogP contribution >= 0.6 is 0 Å². The van der Waals surface area contributed by atoms with Crippen LogP contribution in [0.5, 0.6) is 5.75 Å². The predicted octanol–water partition coefficient (Wildman–Crippen LogP) is 3.51. The molecule has 0 bridgehead atoms. The number of rotatable bonds is 3. The largest absolute Gasteiger partial charge is 0.489 e. The predicted molar refractivity (Wildman–Crippen MR) is 82.2 cm³/mol. The van der Waals surface area contributed by atoms with Gasteiger partial charge in [0, 0.05) is 6.54 Å². The first-order valence-electron chi connectivity index (χ1n) is 7.33. The smallest absolute Gasteiger partial charge is 0.120 e. The highest BCUT2D eigenvalue weighted by atomic mass is 16.5. The highest BCUT2D eigenvalue weighted by Gasteiger charge is 2.14. The summed E-state index contributed by atoms with van der Waals surface area (Å²) in [6.07, 6.45) is 1.09. The molecule has 1 unspecified atom stereocenters. The van der Waals surface area contributed by atoms with Crippen molar-refractivity contribution in [2.45, 2.75) is 25.9 Å². The molecule has 1 aliphatic rings. The van der Waals surface area contributed by atoms with Gasteiger partial charge in [-0.05, 0) is 47.7 Å². The molecule has 1 aliphatic heterocycles. The van der Waals surface area contributed by atoms with E-state index in [0.29, 0.717) is 12.5 Å². The number of benzene rings is 2. The Morgan fingerprint density at radius 3 is 2.85 bits per heavy atom. The summed E-state index contributed by atoms with van der Waals surface area (Å²) >= 11 is 0. The van der Waals surface area contributed by atoms with Gasteiger partial charge in [-0.15, -0.1) is 0 Å². The Kier molecular flexibility index (Phi) is 4.03. The van der Waals surface area contributed by atoms with E-state index in [1.54, 1.807) is 0 Å². The van der Waals surface area contributed by atoms with Crippen LogP contribution in [-0.2, 0) is 13.0 Å². The first-order chi connectivity index (χ1) is 9.83. The first kappa shape index (κ1) is 13.2. The minimum Gasteiger partial charge on any atom is -0.489 e. The van der Waals surface area contributed by atoms with E-state index in [0.717, 1.165) is 25.3 Å². The summed E-state index contributed by atoms with van der Waals surface area (Å²) in [5.74, 6) is 1.55. The van der Waals surface area contributed by atoms with E-state index in [1.807, 2.05) is 18.2 Å². The third-order valence-corrected chi connectivity index (χ3v) is 3.92. The molecule has 104 valence electrons. The van der Waals surface area contributed by atoms with Crippen LogP contribution in [0.25, 0.3) is 0 Å². The fraction of sp³-hybridized carbons (Fsp3) is 0.333. The molecule has 2 heteroatoms. The number of ether oxygens (including phenoxy) is 1. The summed E-state index contributed by atoms with van der Waals surface area (Å²) < 4.78 is 5.91. The number of hydrogen-bond acceptors (Lipinski definition) is 2. The summed E-state index contributed by atoms with van der Waals surface area (Å²) in [5.41, 5.74) is 4.09. The quantitative estimate of drug-likeness (QED) is 0.918. The molecule has 3 rings (SSSR count). The zero-order valence-corrected chi connectivity index (χ0v) is 11.9. The maximum absolute atomic E-state index is 5.91. The Labute approximate surface area is 120 Å². The molecule has 1 heterocycles. The first-order valence-corrected chi connectivity index (χ1v) is 7.33. The van der Waals surface area contributed by atoms with Gasteiger partial charge in [-0.25, -0.2) is 0 Å². The molecular formula is C18H21NO. The van der Waals surface area contributed by atoms with Gasteiger partial charge < -0.3 is 10.1 Å². The van der Waals surface area contributed by atoms with Gasteiger partial charge >= 0.3 is 0 Å². The van der Waals surface area contributed by atoms with Crippen molar-refractivity contribution in [3.8, 4) is 5.75 Å². The van der Waals surface area contributed by atoms with Crippen LogP contribution in [0.1, 0.15) is 29.5 Å². The van der Waals surface area contributed by atoms with E-state index in [2.05, 4.69) is 42.6 Å². The second-order valence-corrected chi connectivity index (χ2v) is 5.49. The Bertz CT molecular complexity index is 565. The maximum Gasteiger partial charge on any atom is 0.120 e. The third-order valence-electron chi connectivity index (χ3n) is 3.92. The Morgan fingerprint density at radius 2 is 2.00 bits per heavy atom. The summed E-state index contributed by atoms with van der Waals surface area (Å²) in [6.45, 7) is 5.03. The highest BCUT2D eigenvalue weighted by molar-refractivity contribution is 5.38. The monoisotopic (exact) mass is 267 g/mol. The average molecular weight is 267 g/mol. The average Bonchev–Trinajstić information content (AvgIpc) is 2.68. The van der Waals surface area contributed by atoms with Crippen molar-refractivity contribution >= 4 is 0 Å². The van der Waals surface area contributed by atoms with Gasteiger partial charge in [0.2, 0.25) is 0 Å². The van der Waals surface area contributed by atoms with Gasteiger partial charge in [-0.3, -0.25) is 0 Å². The molecule has 2 aromatic rings. The third kappa shape index (κ3) is 3.02. The van der Waals surface area contributed by atoms with Gasteiger partial charge in [0.25, 0.3) is 0 Å². The Morgan fingerprint density at radius 1 is 1.15 bits per heavy atom. The van der Waals surface area contributed by atoms with Crippen molar-refractivity contribution in [3.63, 3.8) is 0 Å². The van der Waals surface area contributed by atoms with E-state index in [4.69, 9.17) is 4.74 Å². The van der Waals surface area contributed by atoms with Crippen LogP contribution in [0.3, 0.4) is 0 Å². The fourth-order valence-electron chi connectivity index (χ4n) is 2.76. The molecule has 0 aliphatic carbocycles. The summed E-state index contributed by atoms with van der Waals surface area (Å²) in [5, 5.41) is 3.48. The molecule has 20 heavy (non-hydrogen) atoms. The van der Waals surface area contributed by atoms with E-state index in [1.165, 1.54) is 16.7 Å². The van der Waals surface area contributed by atoms with Crippen molar-refractivity contribution in [1.82, 2.24) is 5.32 Å². The van der Waals surface area contributed by atoms with Crippen LogP contribution in [0.4, 0.5) is 0 Å². The molecule has 0 radical (unpaired) electrons. The molecule has 0 spiro atoms. The molecule has 1 N–H and O–H groups in total. The zero-order valence-electron chi connectivity index (χ0n) is 11.9. The van der Waals surface area contributed by atoms with Gasteiger partial charge in [0.1, 0.15) is 12.4 Å². The molecule has 0 saturated heterocycles. The maximum atomic E-state index is 5.91. The van der Waals surface area contributed by atoms with Crippen LogP contribution in [-0.4, -0.2) is 13.1 Å². The molecule has 0 fully saturated rings. The summed E-state index contributed by atoms with van der Waals surface area (Å²) in [6, 6.07) is 16.8. The second kappa shape index (κ2) is 6.10. The molecule has 0 saturated carbocycles. The molecule has 0 amide bonds. The number of fused-ring (bicyclic) bond motifs is 1. The molecular weight excluding hydrogens is 246 g/mol. The molecule has 0 aromatic heterocycles. The lowest BCUT2D eigenvalue weighted by molar-refractivity contribution is 0.306. The van der Waals surface area contributed by atoms with E-state index >= 15 is 0 Å². The normalized spacial score (nSPS) is 18.1. The van der Waals surface area contributed by atoms with Crippen molar-refractivity contribution in [1.29, 1.82) is 0 Å². The summed E-state index contributed by atoms with van der Waals surface area (Å²) in [4.78, 5) is 0. The topological polar surface area (TPSA) is 21.3 Å². The van der Waals surface area contributed by atoms with Crippen molar-refractivity contribution in [2.75, 3.05) is 13.1 Å². The van der Waals surface area contributed by atoms with Crippen LogP contribution < -0.4 is 10.1 Å². The summed E-state index contributed by atoms with van der Waals surface area (Å²) in [7, 11) is 0. The fourth-order valence-corrected chi connectivity index (χ4v) is 2.76. The Balaban J connectivity index is 1.73. The highest BCUT2D eigenvalue weighted by Crippen LogP contribution is 2.26. The lowest BCUT2D eigenvalue weighted by Crippen LogP contribution is -2.18. The van der Waals surface area contributed by atoms with Crippen LogP contribution in [0, 0.1) is 0 Å². The lowest BCUT2D eigenvalue weighted by atomic mass is 9.95. The van der Waals surface area contributed by atoms with Gasteiger partial charge in [-0.2, -0.15) is 0 Å². The van der Waals surface area contributed by atoms with Crippen LogP contribution in [0.15, 0.2) is 48.5 Å². The number of nitrogens with one attached hydrogen (secondary N) is 1. The van der Waals surface area contributed by atoms with Gasteiger partial charge in [0.05, 0.1) is 0 Å². The standard InChI is InChI=1S/C18H21NO/c1-14-12-19-10-9-16-11-17(7-8-18(14)16)20-13-15-5-3-2-4-6-15/h2-8,11,14,19H,9-10,12-13H2,1H3. The van der Waals surface area contributed by atoms with Crippen molar-refractivity contribution in [2.24, 2.45) is 0 Å². The molecule has 2 nitrogen and oxygen atoms in total. The van der Waals surface area contributed by atoms with Gasteiger partial charge in [0.15, 0.2) is 0 Å².